The van der Waals surface area contributed by atoms with Gasteiger partial charge in [0.2, 0.25) is 0 Å². The highest BCUT2D eigenvalue weighted by Gasteiger charge is 2.48. The molecule has 1 fully saturated rings. The van der Waals surface area contributed by atoms with Gasteiger partial charge in [-0.05, 0) is 73.6 Å². The molecule has 0 unspecified atom stereocenters. The van der Waals surface area contributed by atoms with Crippen molar-refractivity contribution in [2.24, 2.45) is 5.41 Å². The number of hydrogen-bond acceptors (Lipinski definition) is 1. The Hall–Kier alpha value is -1.24. The van der Waals surface area contributed by atoms with Gasteiger partial charge in [0.15, 0.2) is 0 Å². The van der Waals surface area contributed by atoms with E-state index in [0.29, 0.717) is 11.2 Å². The molecule has 3 rings (SSSR count). The second-order valence-corrected chi connectivity index (χ2v) is 7.40. The first-order chi connectivity index (χ1) is 9.47. The number of aliphatic hydroxyl groups is 1. The van der Waals surface area contributed by atoms with Crippen molar-refractivity contribution in [2.45, 2.75) is 64.7 Å². The highest BCUT2D eigenvalue weighted by molar-refractivity contribution is 5.44. The SMILES string of the molecule is CC=C(O)C1(c2ccc3c(c2)CCC(C)(C)CC3)CC1. The highest BCUT2D eigenvalue weighted by atomic mass is 16.3. The van der Waals surface area contributed by atoms with Crippen LogP contribution >= 0.6 is 0 Å². The Morgan fingerprint density at radius 2 is 1.70 bits per heavy atom. The van der Waals surface area contributed by atoms with Crippen molar-refractivity contribution < 1.29 is 5.11 Å². The maximum absolute atomic E-state index is 10.2. The van der Waals surface area contributed by atoms with Crippen LogP contribution in [-0.2, 0) is 18.3 Å². The van der Waals surface area contributed by atoms with Crippen LogP contribution in [0, 0.1) is 5.41 Å². The second kappa shape index (κ2) is 4.65. The summed E-state index contributed by atoms with van der Waals surface area (Å²) in [6.07, 6.45) is 8.98. The predicted octanol–water partition coefficient (Wildman–Crippen LogP) is 5.09. The number of allylic oxidation sites excluding steroid dienone is 2. The van der Waals surface area contributed by atoms with Crippen molar-refractivity contribution in [3.63, 3.8) is 0 Å². The summed E-state index contributed by atoms with van der Waals surface area (Å²) in [4.78, 5) is 0. The molecule has 2 aliphatic carbocycles. The van der Waals surface area contributed by atoms with E-state index in [1.165, 1.54) is 42.4 Å². The van der Waals surface area contributed by atoms with Crippen LogP contribution in [-0.4, -0.2) is 5.11 Å². The third-order valence-corrected chi connectivity index (χ3v) is 5.41. The first-order valence-corrected chi connectivity index (χ1v) is 7.95. The third-order valence-electron chi connectivity index (χ3n) is 5.41. The average Bonchev–Trinajstić information content (AvgIpc) is 3.24. The lowest BCUT2D eigenvalue weighted by Crippen LogP contribution is -2.11. The molecule has 1 N–H and O–H groups in total. The molecule has 108 valence electrons. The molecule has 1 aromatic rings. The van der Waals surface area contributed by atoms with Crippen LogP contribution in [0.15, 0.2) is 30.0 Å². The third kappa shape index (κ3) is 2.28. The number of benzene rings is 1. The minimum absolute atomic E-state index is 0.0500. The predicted molar refractivity (Wildman–Crippen MR) is 84.2 cm³/mol. The molecule has 0 spiro atoms. The molecule has 0 radical (unpaired) electrons. The summed E-state index contributed by atoms with van der Waals surface area (Å²) in [6.45, 7) is 6.70. The average molecular weight is 270 g/mol. The molecule has 1 aromatic carbocycles. The number of fused-ring (bicyclic) bond motifs is 1. The van der Waals surface area contributed by atoms with Gasteiger partial charge in [-0.15, -0.1) is 0 Å². The van der Waals surface area contributed by atoms with Crippen molar-refractivity contribution in [3.8, 4) is 0 Å². The van der Waals surface area contributed by atoms with Crippen molar-refractivity contribution in [1.29, 1.82) is 0 Å². The number of rotatable bonds is 2. The van der Waals surface area contributed by atoms with Gasteiger partial charge >= 0.3 is 0 Å². The zero-order valence-electron chi connectivity index (χ0n) is 13.0. The largest absolute Gasteiger partial charge is 0.512 e. The maximum Gasteiger partial charge on any atom is 0.0985 e. The van der Waals surface area contributed by atoms with Crippen LogP contribution in [0.25, 0.3) is 0 Å². The number of aryl methyl sites for hydroxylation is 2. The van der Waals surface area contributed by atoms with Crippen molar-refractivity contribution in [3.05, 3.63) is 46.7 Å². The summed E-state index contributed by atoms with van der Waals surface area (Å²) in [5, 5.41) is 10.2. The second-order valence-electron chi connectivity index (χ2n) is 7.40. The summed E-state index contributed by atoms with van der Waals surface area (Å²) < 4.78 is 0. The van der Waals surface area contributed by atoms with E-state index >= 15 is 0 Å². The Morgan fingerprint density at radius 1 is 1.05 bits per heavy atom. The van der Waals surface area contributed by atoms with Gasteiger partial charge in [0.05, 0.1) is 11.2 Å². The van der Waals surface area contributed by atoms with Crippen molar-refractivity contribution in [1.82, 2.24) is 0 Å². The molecule has 0 aromatic heterocycles. The fourth-order valence-corrected chi connectivity index (χ4v) is 3.57. The van der Waals surface area contributed by atoms with Gasteiger partial charge in [0.25, 0.3) is 0 Å². The van der Waals surface area contributed by atoms with Crippen molar-refractivity contribution >= 4 is 0 Å². The summed E-state index contributed by atoms with van der Waals surface area (Å²) >= 11 is 0. The molecule has 0 heterocycles. The molecule has 0 atom stereocenters. The number of hydrogen-bond donors (Lipinski definition) is 1. The van der Waals surface area contributed by atoms with Gasteiger partial charge in [-0.2, -0.15) is 0 Å². The van der Waals surface area contributed by atoms with Crippen LogP contribution in [0.1, 0.15) is 63.1 Å². The van der Waals surface area contributed by atoms with Crippen LogP contribution < -0.4 is 0 Å². The smallest absolute Gasteiger partial charge is 0.0985 e. The molecule has 2 aliphatic rings. The summed E-state index contributed by atoms with van der Waals surface area (Å²) in [6, 6.07) is 6.95. The van der Waals surface area contributed by atoms with E-state index in [1.807, 2.05) is 13.0 Å². The first-order valence-electron chi connectivity index (χ1n) is 7.95. The molecule has 20 heavy (non-hydrogen) atoms. The van der Waals surface area contributed by atoms with E-state index in [4.69, 9.17) is 0 Å². The normalized spacial score (nSPS) is 23.9. The molecule has 0 aliphatic heterocycles. The summed E-state index contributed by atoms with van der Waals surface area (Å²) in [5.74, 6) is 0.561. The zero-order chi connectivity index (χ0) is 14.4. The molecule has 1 saturated carbocycles. The first kappa shape index (κ1) is 13.7. The lowest BCUT2D eigenvalue weighted by atomic mass is 9.84. The van der Waals surface area contributed by atoms with E-state index in [0.717, 1.165) is 12.8 Å². The Morgan fingerprint density at radius 3 is 2.30 bits per heavy atom. The summed E-state index contributed by atoms with van der Waals surface area (Å²) in [7, 11) is 0. The van der Waals surface area contributed by atoms with E-state index in [2.05, 4.69) is 32.0 Å². The Kier molecular flexibility index (Phi) is 3.19. The monoisotopic (exact) mass is 270 g/mol. The molecule has 1 heteroatoms. The molecular weight excluding hydrogens is 244 g/mol. The van der Waals surface area contributed by atoms with Gasteiger partial charge in [0.1, 0.15) is 0 Å². The zero-order valence-corrected chi connectivity index (χ0v) is 13.0. The molecule has 0 saturated heterocycles. The van der Waals surface area contributed by atoms with Gasteiger partial charge in [-0.25, -0.2) is 0 Å². The van der Waals surface area contributed by atoms with Crippen molar-refractivity contribution in [2.75, 3.05) is 0 Å². The Balaban J connectivity index is 1.93. The van der Waals surface area contributed by atoms with Crippen LogP contribution in [0.2, 0.25) is 0 Å². The molecular formula is C19H26O. The molecule has 0 amide bonds. The van der Waals surface area contributed by atoms with E-state index in [1.54, 1.807) is 0 Å². The van der Waals surface area contributed by atoms with Gasteiger partial charge in [-0.3, -0.25) is 0 Å². The quantitative estimate of drug-likeness (QED) is 0.586. The minimum Gasteiger partial charge on any atom is -0.512 e. The minimum atomic E-state index is -0.0500. The Bertz CT molecular complexity index is 547. The summed E-state index contributed by atoms with van der Waals surface area (Å²) in [5.41, 5.74) is 4.78. The van der Waals surface area contributed by atoms with Crippen LogP contribution in [0.3, 0.4) is 0 Å². The lowest BCUT2D eigenvalue weighted by Gasteiger charge is -2.21. The van der Waals surface area contributed by atoms with Gasteiger partial charge in [-0.1, -0.05) is 32.0 Å². The van der Waals surface area contributed by atoms with Gasteiger partial charge < -0.3 is 5.11 Å². The van der Waals surface area contributed by atoms with Crippen LogP contribution in [0.5, 0.6) is 0 Å². The highest BCUT2D eigenvalue weighted by Crippen LogP contribution is 2.53. The van der Waals surface area contributed by atoms with E-state index < -0.39 is 0 Å². The number of aliphatic hydroxyl groups excluding tert-OH is 1. The maximum atomic E-state index is 10.2. The standard InChI is InChI=1S/C19H26O/c1-4-17(20)19(11-12-19)16-6-5-14-7-9-18(2,3)10-8-15(14)13-16/h4-6,13,20H,7-12H2,1-3H3. The fourth-order valence-electron chi connectivity index (χ4n) is 3.57. The van der Waals surface area contributed by atoms with Crippen LogP contribution in [0.4, 0.5) is 0 Å². The lowest BCUT2D eigenvalue weighted by molar-refractivity contribution is 0.317. The topological polar surface area (TPSA) is 20.2 Å². The molecule has 0 bridgehead atoms. The Labute approximate surface area is 122 Å². The van der Waals surface area contributed by atoms with E-state index in [9.17, 15) is 5.11 Å². The van der Waals surface area contributed by atoms with E-state index in [-0.39, 0.29) is 5.41 Å². The van der Waals surface area contributed by atoms with Gasteiger partial charge in [0, 0.05) is 0 Å². The fraction of sp³-hybridized carbons (Fsp3) is 0.579. The molecule has 1 nitrogen and oxygen atoms in total.